The lowest BCUT2D eigenvalue weighted by Gasteiger charge is -2.03. The number of pyridine rings is 1. The number of hydrogen-bond donors (Lipinski definition) is 1. The minimum Gasteiger partial charge on any atom is -0.325 e. The lowest BCUT2D eigenvalue weighted by Crippen LogP contribution is -2.07. The van der Waals surface area contributed by atoms with Crippen LogP contribution in [0.3, 0.4) is 0 Å². The molecule has 0 aliphatic rings. The van der Waals surface area contributed by atoms with Crippen molar-refractivity contribution in [2.45, 2.75) is 13.0 Å². The number of nitrogens with zero attached hydrogens (tertiary/aromatic N) is 1. The van der Waals surface area contributed by atoms with E-state index in [1.165, 1.54) is 0 Å². The predicted octanol–water partition coefficient (Wildman–Crippen LogP) is 1.76. The summed E-state index contributed by atoms with van der Waals surface area (Å²) < 4.78 is 49.3. The second kappa shape index (κ2) is 3.69. The van der Waals surface area contributed by atoms with Gasteiger partial charge < -0.3 is 5.73 Å². The maximum atomic E-state index is 12.7. The van der Waals surface area contributed by atoms with Gasteiger partial charge in [0.2, 0.25) is 5.95 Å². The molecule has 1 aromatic rings. The van der Waals surface area contributed by atoms with Crippen molar-refractivity contribution in [3.05, 3.63) is 29.1 Å². The van der Waals surface area contributed by atoms with E-state index in [1.807, 2.05) is 0 Å². The molecule has 0 saturated carbocycles. The van der Waals surface area contributed by atoms with Crippen LogP contribution in [-0.2, 0) is 6.54 Å². The lowest BCUT2D eigenvalue weighted by molar-refractivity contribution is 0.144. The van der Waals surface area contributed by atoms with Crippen LogP contribution >= 0.6 is 0 Å². The van der Waals surface area contributed by atoms with E-state index in [0.29, 0.717) is 6.07 Å². The number of hydrogen-bond acceptors (Lipinski definition) is 2. The SMILES string of the molecule is NCc1nc(F)c(C(F)F)cc1F. The van der Waals surface area contributed by atoms with E-state index in [0.717, 1.165) is 0 Å². The number of rotatable bonds is 2. The highest BCUT2D eigenvalue weighted by Gasteiger charge is 2.17. The van der Waals surface area contributed by atoms with Gasteiger partial charge in [-0.25, -0.2) is 18.2 Å². The Bertz CT molecular complexity index is 314. The number of alkyl halides is 2. The molecule has 0 unspecified atom stereocenters. The molecule has 0 saturated heterocycles. The second-order valence-electron chi connectivity index (χ2n) is 2.30. The summed E-state index contributed by atoms with van der Waals surface area (Å²) in [6.45, 7) is -0.327. The number of nitrogens with two attached hydrogens (primary N) is 1. The van der Waals surface area contributed by atoms with Crippen molar-refractivity contribution in [2.75, 3.05) is 0 Å². The van der Waals surface area contributed by atoms with Crippen LogP contribution in [0.1, 0.15) is 17.7 Å². The van der Waals surface area contributed by atoms with E-state index in [-0.39, 0.29) is 12.2 Å². The van der Waals surface area contributed by atoms with E-state index < -0.39 is 23.8 Å². The van der Waals surface area contributed by atoms with Crippen molar-refractivity contribution in [3.63, 3.8) is 0 Å². The zero-order valence-electron chi connectivity index (χ0n) is 6.40. The highest BCUT2D eigenvalue weighted by Crippen LogP contribution is 2.22. The first kappa shape index (κ1) is 9.91. The molecule has 2 nitrogen and oxygen atoms in total. The first-order chi connectivity index (χ1) is 6.06. The van der Waals surface area contributed by atoms with Crippen LogP contribution in [0.2, 0.25) is 0 Å². The molecule has 2 N–H and O–H groups in total. The van der Waals surface area contributed by atoms with Crippen molar-refractivity contribution < 1.29 is 17.6 Å². The van der Waals surface area contributed by atoms with Crippen LogP contribution in [0.4, 0.5) is 17.6 Å². The van der Waals surface area contributed by atoms with Crippen molar-refractivity contribution >= 4 is 0 Å². The van der Waals surface area contributed by atoms with Crippen LogP contribution in [0.5, 0.6) is 0 Å². The van der Waals surface area contributed by atoms with Crippen LogP contribution in [0, 0.1) is 11.8 Å². The summed E-state index contributed by atoms with van der Waals surface area (Å²) in [4.78, 5) is 2.97. The maximum Gasteiger partial charge on any atom is 0.268 e. The molecule has 0 aromatic carbocycles. The predicted molar refractivity (Wildman–Crippen MR) is 37.0 cm³/mol. The molecule has 6 heteroatoms. The van der Waals surface area contributed by atoms with E-state index in [9.17, 15) is 17.6 Å². The van der Waals surface area contributed by atoms with Gasteiger partial charge in [-0.1, -0.05) is 0 Å². The highest BCUT2D eigenvalue weighted by atomic mass is 19.3. The van der Waals surface area contributed by atoms with Crippen molar-refractivity contribution in [2.24, 2.45) is 5.73 Å². The third-order valence-corrected chi connectivity index (χ3v) is 1.46. The molecule has 1 aromatic heterocycles. The van der Waals surface area contributed by atoms with Gasteiger partial charge in [-0.15, -0.1) is 0 Å². The fourth-order valence-corrected chi connectivity index (χ4v) is 0.812. The van der Waals surface area contributed by atoms with Crippen LogP contribution < -0.4 is 5.73 Å². The zero-order valence-corrected chi connectivity index (χ0v) is 6.40. The van der Waals surface area contributed by atoms with Gasteiger partial charge in [0.05, 0.1) is 11.3 Å². The Morgan fingerprint density at radius 1 is 1.38 bits per heavy atom. The lowest BCUT2D eigenvalue weighted by atomic mass is 10.2. The summed E-state index contributed by atoms with van der Waals surface area (Å²) >= 11 is 0. The molecule has 0 amide bonds. The van der Waals surface area contributed by atoms with Crippen molar-refractivity contribution in [3.8, 4) is 0 Å². The minimum absolute atomic E-state index is 0.327. The summed E-state index contributed by atoms with van der Waals surface area (Å²) in [6, 6.07) is 0.412. The molecule has 1 heterocycles. The van der Waals surface area contributed by atoms with Gasteiger partial charge in [-0.05, 0) is 6.07 Å². The summed E-state index contributed by atoms with van der Waals surface area (Å²) in [5.41, 5.74) is 3.58. The minimum atomic E-state index is -3.08. The molecular weight excluding hydrogens is 188 g/mol. The molecule has 0 aliphatic heterocycles. The average Bonchev–Trinajstić information content (AvgIpc) is 2.07. The van der Waals surface area contributed by atoms with Gasteiger partial charge in [0, 0.05) is 6.54 Å². The van der Waals surface area contributed by atoms with Crippen molar-refractivity contribution in [1.82, 2.24) is 4.98 Å². The molecule has 0 aliphatic carbocycles. The number of aromatic nitrogens is 1. The quantitative estimate of drug-likeness (QED) is 0.575. The normalized spacial score (nSPS) is 10.9. The fraction of sp³-hybridized carbons (Fsp3) is 0.286. The van der Waals surface area contributed by atoms with Gasteiger partial charge in [-0.2, -0.15) is 4.39 Å². The van der Waals surface area contributed by atoms with Gasteiger partial charge in [0.1, 0.15) is 5.82 Å². The van der Waals surface area contributed by atoms with E-state index in [1.54, 1.807) is 0 Å². The van der Waals surface area contributed by atoms with Gasteiger partial charge in [0.15, 0.2) is 0 Å². The van der Waals surface area contributed by atoms with Gasteiger partial charge in [0.25, 0.3) is 6.43 Å². The van der Waals surface area contributed by atoms with E-state index >= 15 is 0 Å². The fourth-order valence-electron chi connectivity index (χ4n) is 0.812. The van der Waals surface area contributed by atoms with Gasteiger partial charge >= 0.3 is 0 Å². The first-order valence-corrected chi connectivity index (χ1v) is 3.39. The van der Waals surface area contributed by atoms with Crippen LogP contribution in [0.15, 0.2) is 6.07 Å². The first-order valence-electron chi connectivity index (χ1n) is 3.39. The third-order valence-electron chi connectivity index (χ3n) is 1.46. The molecule has 13 heavy (non-hydrogen) atoms. The third kappa shape index (κ3) is 1.95. The Kier molecular flexibility index (Phi) is 2.82. The molecule has 0 fully saturated rings. The maximum absolute atomic E-state index is 12.7. The topological polar surface area (TPSA) is 38.9 Å². The molecule has 0 spiro atoms. The van der Waals surface area contributed by atoms with Crippen LogP contribution in [-0.4, -0.2) is 4.98 Å². The average molecular weight is 194 g/mol. The summed E-state index contributed by atoms with van der Waals surface area (Å²) in [5, 5.41) is 0. The van der Waals surface area contributed by atoms with Gasteiger partial charge in [-0.3, -0.25) is 0 Å². The molecular formula is C7H6F4N2. The standard InChI is InChI=1S/C7H6F4N2/c8-4-1-3(6(9)10)7(11)13-5(4)2-12/h1,6H,2,12H2. The monoisotopic (exact) mass is 194 g/mol. The van der Waals surface area contributed by atoms with Crippen LogP contribution in [0.25, 0.3) is 0 Å². The molecule has 1 rings (SSSR count). The van der Waals surface area contributed by atoms with E-state index in [4.69, 9.17) is 5.73 Å². The molecule has 0 bridgehead atoms. The van der Waals surface area contributed by atoms with E-state index in [2.05, 4.69) is 4.98 Å². The zero-order chi connectivity index (χ0) is 10.0. The largest absolute Gasteiger partial charge is 0.325 e. The molecule has 0 atom stereocenters. The second-order valence-corrected chi connectivity index (χ2v) is 2.30. The Labute approximate surface area is 71.4 Å². The Hall–Kier alpha value is -1.17. The summed E-state index contributed by atoms with van der Waals surface area (Å²) in [6.07, 6.45) is -3.08. The molecule has 72 valence electrons. The highest BCUT2D eigenvalue weighted by molar-refractivity contribution is 5.18. The van der Waals surface area contributed by atoms with Crippen molar-refractivity contribution in [1.29, 1.82) is 0 Å². The summed E-state index contributed by atoms with van der Waals surface area (Å²) in [7, 11) is 0. The Balaban J connectivity index is 3.20. The number of halogens is 4. The smallest absolute Gasteiger partial charge is 0.268 e. The Morgan fingerprint density at radius 3 is 2.46 bits per heavy atom. The summed E-state index contributed by atoms with van der Waals surface area (Å²) in [5.74, 6) is -2.39. The molecule has 0 radical (unpaired) electrons. The Morgan fingerprint density at radius 2 is 2.00 bits per heavy atom.